The second-order valence-electron chi connectivity index (χ2n) is 7.51. The number of aromatic carboxylic acids is 1. The van der Waals surface area contributed by atoms with Crippen molar-refractivity contribution in [2.24, 2.45) is 0 Å². The number of aromatic nitrogens is 3. The summed E-state index contributed by atoms with van der Waals surface area (Å²) in [5.74, 6) is 0.0671. The second-order valence-corrected chi connectivity index (χ2v) is 7.51. The molecule has 4 rings (SSSR count). The van der Waals surface area contributed by atoms with E-state index in [9.17, 15) is 9.18 Å². The zero-order chi connectivity index (χ0) is 21.3. The molecule has 2 aromatic heterocycles. The standard InChI is InChI=1S/C21H21FN4O4.Na.H/c1-12(2)20-24-19(30-25-20)11-26-9-15(10-26)29-14-4-6-18(23-8-14)13-3-5-16(21(27)28)17(22)7-13;;/h3-8,12,15H,9-11H2,1-2H3,(H,27,28);;. The van der Waals surface area contributed by atoms with E-state index in [1.165, 1.54) is 18.2 Å². The topological polar surface area (TPSA) is 102 Å². The first-order chi connectivity index (χ1) is 14.4. The fraction of sp³-hybridized carbons (Fsp3) is 0.333. The third-order valence-electron chi connectivity index (χ3n) is 4.82. The molecule has 1 N–H and O–H groups in total. The Morgan fingerprint density at radius 2 is 2.10 bits per heavy atom. The molecule has 158 valence electrons. The van der Waals surface area contributed by atoms with Gasteiger partial charge in [0.25, 0.3) is 0 Å². The number of likely N-dealkylation sites (tertiary alicyclic amines) is 1. The third kappa shape index (κ3) is 5.48. The van der Waals surface area contributed by atoms with E-state index in [1.807, 2.05) is 13.8 Å². The molecule has 10 heteroatoms. The third-order valence-corrected chi connectivity index (χ3v) is 4.82. The van der Waals surface area contributed by atoms with Crippen molar-refractivity contribution in [3.05, 3.63) is 59.6 Å². The number of carboxylic acid groups (broad SMARTS) is 1. The van der Waals surface area contributed by atoms with Crippen molar-refractivity contribution in [3.63, 3.8) is 0 Å². The molecule has 3 aromatic rings. The van der Waals surface area contributed by atoms with Crippen molar-refractivity contribution < 1.29 is 23.6 Å². The van der Waals surface area contributed by atoms with Crippen LogP contribution in [0.2, 0.25) is 0 Å². The van der Waals surface area contributed by atoms with Gasteiger partial charge in [0.15, 0.2) is 5.82 Å². The van der Waals surface area contributed by atoms with Gasteiger partial charge in [0.1, 0.15) is 17.7 Å². The minimum atomic E-state index is -1.30. The van der Waals surface area contributed by atoms with Crippen molar-refractivity contribution in [2.45, 2.75) is 32.4 Å². The van der Waals surface area contributed by atoms with Gasteiger partial charge in [-0.2, -0.15) is 4.98 Å². The number of rotatable bonds is 7. The van der Waals surface area contributed by atoms with E-state index in [-0.39, 0.29) is 47.1 Å². The van der Waals surface area contributed by atoms with E-state index in [1.54, 1.807) is 18.3 Å². The van der Waals surface area contributed by atoms with Gasteiger partial charge in [0.05, 0.1) is 24.0 Å². The van der Waals surface area contributed by atoms with Gasteiger partial charge in [-0.1, -0.05) is 25.1 Å². The van der Waals surface area contributed by atoms with Gasteiger partial charge in [-0.15, -0.1) is 0 Å². The summed E-state index contributed by atoms with van der Waals surface area (Å²) in [5.41, 5.74) is 0.666. The Morgan fingerprint density at radius 1 is 1.32 bits per heavy atom. The van der Waals surface area contributed by atoms with Crippen LogP contribution in [-0.2, 0) is 6.54 Å². The van der Waals surface area contributed by atoms with Crippen LogP contribution < -0.4 is 4.74 Å². The molecular weight excluding hydrogens is 414 g/mol. The SMILES string of the molecule is CC(C)c1noc(CN2CC(Oc3ccc(-c4ccc(C(=O)O)c(F)c4)nc3)C2)n1.[NaH]. The van der Waals surface area contributed by atoms with Crippen molar-refractivity contribution >= 4 is 35.5 Å². The molecule has 0 unspecified atom stereocenters. The molecule has 3 heterocycles. The number of carbonyl (C=O) groups is 1. The monoisotopic (exact) mass is 436 g/mol. The van der Waals surface area contributed by atoms with Crippen LogP contribution in [0, 0.1) is 5.82 Å². The van der Waals surface area contributed by atoms with E-state index in [2.05, 4.69) is 20.0 Å². The first-order valence-electron chi connectivity index (χ1n) is 9.60. The predicted octanol–water partition coefficient (Wildman–Crippen LogP) is 2.71. The van der Waals surface area contributed by atoms with Crippen LogP contribution in [0.1, 0.15) is 41.8 Å². The summed E-state index contributed by atoms with van der Waals surface area (Å²) in [5, 5.41) is 12.9. The Kier molecular flexibility index (Phi) is 7.42. The van der Waals surface area contributed by atoms with Gasteiger partial charge in [-0.25, -0.2) is 9.18 Å². The zero-order valence-corrected chi connectivity index (χ0v) is 16.6. The number of hydrogen-bond acceptors (Lipinski definition) is 7. The van der Waals surface area contributed by atoms with Crippen LogP contribution in [-0.4, -0.2) is 79.9 Å². The molecule has 0 bridgehead atoms. The molecule has 0 atom stereocenters. The Bertz CT molecular complexity index is 1050. The molecular formula is C21H22FN4NaO4. The molecule has 8 nitrogen and oxygen atoms in total. The fourth-order valence-electron chi connectivity index (χ4n) is 3.15. The zero-order valence-electron chi connectivity index (χ0n) is 16.6. The van der Waals surface area contributed by atoms with Crippen LogP contribution in [0.15, 0.2) is 41.1 Å². The van der Waals surface area contributed by atoms with Crippen molar-refractivity contribution in [3.8, 4) is 17.0 Å². The summed E-state index contributed by atoms with van der Waals surface area (Å²) in [6.45, 7) is 6.10. The number of pyridine rings is 1. The van der Waals surface area contributed by atoms with Crippen LogP contribution in [0.3, 0.4) is 0 Å². The molecule has 1 aliphatic heterocycles. The van der Waals surface area contributed by atoms with Crippen molar-refractivity contribution in [1.29, 1.82) is 0 Å². The predicted molar refractivity (Wildman–Crippen MR) is 112 cm³/mol. The maximum atomic E-state index is 13.9. The van der Waals surface area contributed by atoms with Gasteiger partial charge in [-0.05, 0) is 24.3 Å². The summed E-state index contributed by atoms with van der Waals surface area (Å²) in [4.78, 5) is 21.7. The van der Waals surface area contributed by atoms with Crippen LogP contribution in [0.4, 0.5) is 4.39 Å². The molecule has 1 saturated heterocycles. The Hall–Kier alpha value is -2.33. The summed E-state index contributed by atoms with van der Waals surface area (Å²) >= 11 is 0. The van der Waals surface area contributed by atoms with Gasteiger partial charge in [-0.3, -0.25) is 9.88 Å². The van der Waals surface area contributed by atoms with E-state index >= 15 is 0 Å². The normalized spacial score (nSPS) is 14.2. The molecule has 1 aliphatic rings. The summed E-state index contributed by atoms with van der Waals surface area (Å²) in [7, 11) is 0. The van der Waals surface area contributed by atoms with Gasteiger partial charge in [0.2, 0.25) is 5.89 Å². The Labute approximate surface area is 200 Å². The van der Waals surface area contributed by atoms with Gasteiger partial charge < -0.3 is 14.4 Å². The quantitative estimate of drug-likeness (QED) is 0.564. The Morgan fingerprint density at radius 3 is 2.68 bits per heavy atom. The van der Waals surface area contributed by atoms with E-state index in [0.29, 0.717) is 35.3 Å². The number of halogens is 1. The van der Waals surface area contributed by atoms with E-state index in [0.717, 1.165) is 13.1 Å². The fourth-order valence-corrected chi connectivity index (χ4v) is 3.15. The molecule has 0 aliphatic carbocycles. The summed E-state index contributed by atoms with van der Waals surface area (Å²) in [6, 6.07) is 7.41. The van der Waals surface area contributed by atoms with Crippen LogP contribution in [0.25, 0.3) is 11.3 Å². The summed E-state index contributed by atoms with van der Waals surface area (Å²) in [6.07, 6.45) is 1.62. The van der Waals surface area contributed by atoms with Crippen molar-refractivity contribution in [1.82, 2.24) is 20.0 Å². The van der Waals surface area contributed by atoms with Crippen molar-refractivity contribution in [2.75, 3.05) is 13.1 Å². The molecule has 31 heavy (non-hydrogen) atoms. The molecule has 1 fully saturated rings. The number of hydrogen-bond donors (Lipinski definition) is 1. The first kappa shape index (κ1) is 23.3. The average Bonchev–Trinajstić information content (AvgIpc) is 3.15. The van der Waals surface area contributed by atoms with E-state index < -0.39 is 11.8 Å². The van der Waals surface area contributed by atoms with Gasteiger partial charge in [0, 0.05) is 24.6 Å². The summed E-state index contributed by atoms with van der Waals surface area (Å²) < 4.78 is 25.0. The molecule has 0 saturated carbocycles. The molecule has 0 radical (unpaired) electrons. The Balaban J connectivity index is 0.00000272. The average molecular weight is 436 g/mol. The van der Waals surface area contributed by atoms with Crippen LogP contribution in [0.5, 0.6) is 5.75 Å². The number of ether oxygens (including phenoxy) is 1. The first-order valence-corrected chi connectivity index (χ1v) is 9.60. The number of benzene rings is 1. The van der Waals surface area contributed by atoms with Gasteiger partial charge >= 0.3 is 35.5 Å². The number of carboxylic acids is 1. The van der Waals surface area contributed by atoms with Crippen LogP contribution >= 0.6 is 0 Å². The maximum absolute atomic E-state index is 13.9. The minimum absolute atomic E-state index is 0. The second kappa shape index (κ2) is 9.86. The molecule has 0 amide bonds. The molecule has 0 spiro atoms. The number of nitrogens with zero attached hydrogens (tertiary/aromatic N) is 4. The molecule has 1 aromatic carbocycles. The van der Waals surface area contributed by atoms with E-state index in [4.69, 9.17) is 14.4 Å².